The van der Waals surface area contributed by atoms with E-state index in [-0.39, 0.29) is 11.7 Å². The largest absolute Gasteiger partial charge is 0.440 e. The van der Waals surface area contributed by atoms with Crippen molar-refractivity contribution in [2.75, 3.05) is 0 Å². The Labute approximate surface area is 85.3 Å². The van der Waals surface area contributed by atoms with Crippen molar-refractivity contribution in [3.63, 3.8) is 0 Å². The molecule has 0 aliphatic carbocycles. The summed E-state index contributed by atoms with van der Waals surface area (Å²) in [5.74, 6) is 0.918. The average molecular weight is 212 g/mol. The van der Waals surface area contributed by atoms with Crippen LogP contribution in [0, 0.1) is 5.82 Å². The summed E-state index contributed by atoms with van der Waals surface area (Å²) in [5, 5.41) is 0. The van der Waals surface area contributed by atoms with E-state index < -0.39 is 0 Å². The molecule has 0 bridgehead atoms. The van der Waals surface area contributed by atoms with Gasteiger partial charge < -0.3 is 4.42 Å². The fourth-order valence-electron chi connectivity index (χ4n) is 1.12. The van der Waals surface area contributed by atoms with Crippen LogP contribution in [-0.2, 0) is 5.88 Å². The molecule has 2 aromatic rings. The van der Waals surface area contributed by atoms with Crippen molar-refractivity contribution in [3.05, 3.63) is 42.0 Å². The zero-order chi connectivity index (χ0) is 9.97. The van der Waals surface area contributed by atoms with E-state index in [1.807, 2.05) is 0 Å². The molecule has 0 unspecified atom stereocenters. The molecule has 1 aromatic carbocycles. The smallest absolute Gasteiger partial charge is 0.226 e. The molecule has 0 spiro atoms. The monoisotopic (exact) mass is 211 g/mol. The van der Waals surface area contributed by atoms with Crippen LogP contribution < -0.4 is 0 Å². The van der Waals surface area contributed by atoms with E-state index in [0.717, 1.165) is 0 Å². The predicted octanol–water partition coefficient (Wildman–Crippen LogP) is 3.22. The van der Waals surface area contributed by atoms with Crippen LogP contribution in [0.25, 0.3) is 11.5 Å². The molecule has 0 N–H and O–H groups in total. The Balaban J connectivity index is 2.39. The minimum atomic E-state index is -0.312. The molecule has 0 aliphatic rings. The van der Waals surface area contributed by atoms with Gasteiger partial charge in [0.1, 0.15) is 11.6 Å². The van der Waals surface area contributed by atoms with Gasteiger partial charge in [0.05, 0.1) is 12.1 Å². The Kier molecular flexibility index (Phi) is 2.50. The van der Waals surface area contributed by atoms with E-state index in [4.69, 9.17) is 16.0 Å². The van der Waals surface area contributed by atoms with Gasteiger partial charge in [-0.15, -0.1) is 11.6 Å². The zero-order valence-electron chi connectivity index (χ0n) is 7.21. The van der Waals surface area contributed by atoms with Crippen molar-refractivity contribution in [3.8, 4) is 11.5 Å². The Morgan fingerprint density at radius 1 is 1.43 bits per heavy atom. The summed E-state index contributed by atoms with van der Waals surface area (Å²) in [4.78, 5) is 3.98. The maximum Gasteiger partial charge on any atom is 0.226 e. The average Bonchev–Trinajstić information content (AvgIpc) is 2.66. The third-order valence-corrected chi connectivity index (χ3v) is 2.02. The lowest BCUT2D eigenvalue weighted by molar-refractivity contribution is 0.536. The highest BCUT2D eigenvalue weighted by molar-refractivity contribution is 6.16. The molecule has 72 valence electrons. The van der Waals surface area contributed by atoms with Crippen LogP contribution in [0.15, 0.2) is 34.9 Å². The number of aromatic nitrogens is 1. The molecular weight excluding hydrogens is 205 g/mol. The summed E-state index contributed by atoms with van der Waals surface area (Å²) < 4.78 is 18.1. The van der Waals surface area contributed by atoms with E-state index >= 15 is 0 Å². The highest BCUT2D eigenvalue weighted by atomic mass is 35.5. The minimum absolute atomic E-state index is 0.266. The molecule has 4 heteroatoms. The van der Waals surface area contributed by atoms with Gasteiger partial charge in [0.2, 0.25) is 5.89 Å². The highest BCUT2D eigenvalue weighted by Crippen LogP contribution is 2.20. The summed E-state index contributed by atoms with van der Waals surface area (Å²) in [6, 6.07) is 6.07. The first-order valence-electron chi connectivity index (χ1n) is 4.06. The Morgan fingerprint density at radius 2 is 2.29 bits per heavy atom. The van der Waals surface area contributed by atoms with Crippen LogP contribution in [0.3, 0.4) is 0 Å². The summed E-state index contributed by atoms with van der Waals surface area (Å²) >= 11 is 5.55. The molecule has 0 aliphatic heterocycles. The molecule has 0 radical (unpaired) electrons. The number of benzene rings is 1. The second-order valence-electron chi connectivity index (χ2n) is 2.78. The van der Waals surface area contributed by atoms with Crippen molar-refractivity contribution in [1.29, 1.82) is 0 Å². The first-order chi connectivity index (χ1) is 6.79. The van der Waals surface area contributed by atoms with Crippen LogP contribution in [0.5, 0.6) is 0 Å². The van der Waals surface area contributed by atoms with E-state index in [2.05, 4.69) is 4.98 Å². The topological polar surface area (TPSA) is 26.0 Å². The van der Waals surface area contributed by atoms with E-state index in [9.17, 15) is 4.39 Å². The molecule has 0 fully saturated rings. The van der Waals surface area contributed by atoms with Crippen LogP contribution in [0.2, 0.25) is 0 Å². The number of nitrogens with zero attached hydrogens (tertiary/aromatic N) is 1. The van der Waals surface area contributed by atoms with Crippen LogP contribution in [-0.4, -0.2) is 4.98 Å². The summed E-state index contributed by atoms with van der Waals surface area (Å²) in [7, 11) is 0. The van der Waals surface area contributed by atoms with Gasteiger partial charge in [-0.1, -0.05) is 6.07 Å². The lowest BCUT2D eigenvalue weighted by Crippen LogP contribution is -1.78. The third-order valence-electron chi connectivity index (χ3n) is 1.76. The minimum Gasteiger partial charge on any atom is -0.440 e. The van der Waals surface area contributed by atoms with Crippen molar-refractivity contribution >= 4 is 11.6 Å². The fraction of sp³-hybridized carbons (Fsp3) is 0.100. The van der Waals surface area contributed by atoms with Gasteiger partial charge in [0.15, 0.2) is 0 Å². The van der Waals surface area contributed by atoms with Crippen molar-refractivity contribution in [1.82, 2.24) is 4.98 Å². The molecule has 1 heterocycles. The molecule has 0 atom stereocenters. The van der Waals surface area contributed by atoms with Crippen molar-refractivity contribution in [2.45, 2.75) is 5.88 Å². The number of rotatable bonds is 2. The third kappa shape index (κ3) is 1.77. The molecule has 2 nitrogen and oxygen atoms in total. The Morgan fingerprint density at radius 3 is 2.93 bits per heavy atom. The molecule has 0 amide bonds. The summed E-state index contributed by atoms with van der Waals surface area (Å²) in [6.07, 6.45) is 1.53. The molecule has 0 saturated carbocycles. The number of halogens is 2. The number of alkyl halides is 1. The van der Waals surface area contributed by atoms with Crippen LogP contribution >= 0.6 is 11.6 Å². The first-order valence-corrected chi connectivity index (χ1v) is 4.59. The van der Waals surface area contributed by atoms with Gasteiger partial charge >= 0.3 is 0 Å². The second kappa shape index (κ2) is 3.80. The Hall–Kier alpha value is -1.35. The molecule has 2 rings (SSSR count). The number of oxazole rings is 1. The number of hydrogen-bond acceptors (Lipinski definition) is 2. The SMILES string of the molecule is Fc1cccc(-c2ncc(CCl)o2)c1. The normalized spacial score (nSPS) is 10.4. The first kappa shape index (κ1) is 9.21. The van der Waals surface area contributed by atoms with Crippen LogP contribution in [0.1, 0.15) is 5.76 Å². The summed E-state index contributed by atoms with van der Waals surface area (Å²) in [5.41, 5.74) is 0.612. The molecule has 0 saturated heterocycles. The predicted molar refractivity (Wildman–Crippen MR) is 51.5 cm³/mol. The fourth-order valence-corrected chi connectivity index (χ4v) is 1.25. The summed E-state index contributed by atoms with van der Waals surface area (Å²) in [6.45, 7) is 0. The van der Waals surface area contributed by atoms with Crippen molar-refractivity contribution < 1.29 is 8.81 Å². The van der Waals surface area contributed by atoms with Gasteiger partial charge in [-0.05, 0) is 18.2 Å². The number of hydrogen-bond donors (Lipinski definition) is 0. The van der Waals surface area contributed by atoms with Gasteiger partial charge in [0, 0.05) is 5.56 Å². The van der Waals surface area contributed by atoms with Gasteiger partial charge in [0.25, 0.3) is 0 Å². The van der Waals surface area contributed by atoms with E-state index in [0.29, 0.717) is 17.2 Å². The van der Waals surface area contributed by atoms with Gasteiger partial charge in [-0.2, -0.15) is 0 Å². The van der Waals surface area contributed by atoms with Gasteiger partial charge in [-0.3, -0.25) is 0 Å². The lowest BCUT2D eigenvalue weighted by Gasteiger charge is -1.94. The standard InChI is InChI=1S/C10H7ClFNO/c11-5-9-6-13-10(14-9)7-2-1-3-8(12)4-7/h1-4,6H,5H2. The lowest BCUT2D eigenvalue weighted by atomic mass is 10.2. The van der Waals surface area contributed by atoms with E-state index in [1.54, 1.807) is 12.1 Å². The van der Waals surface area contributed by atoms with Crippen molar-refractivity contribution in [2.24, 2.45) is 0 Å². The molecule has 1 aromatic heterocycles. The van der Waals surface area contributed by atoms with E-state index in [1.165, 1.54) is 18.3 Å². The second-order valence-corrected chi connectivity index (χ2v) is 3.04. The Bertz CT molecular complexity index is 441. The molecule has 14 heavy (non-hydrogen) atoms. The maximum absolute atomic E-state index is 12.8. The van der Waals surface area contributed by atoms with Crippen LogP contribution in [0.4, 0.5) is 4.39 Å². The highest BCUT2D eigenvalue weighted by Gasteiger charge is 2.06. The van der Waals surface area contributed by atoms with Gasteiger partial charge in [-0.25, -0.2) is 9.37 Å². The molecular formula is C10H7ClFNO. The quantitative estimate of drug-likeness (QED) is 0.713. The zero-order valence-corrected chi connectivity index (χ0v) is 7.96. The maximum atomic E-state index is 12.8.